The lowest BCUT2D eigenvalue weighted by Gasteiger charge is -2.01. The molecular formula is C15H12O2. The zero-order chi connectivity index (χ0) is 11.7. The van der Waals surface area contributed by atoms with Crippen LogP contribution in [0.15, 0.2) is 59.0 Å². The SMILES string of the molecule is OCc1cc2cccc(-c3ccccc3)c2o1. The molecule has 0 unspecified atom stereocenters. The van der Waals surface area contributed by atoms with Crippen LogP contribution in [0.25, 0.3) is 22.1 Å². The average Bonchev–Trinajstić information content (AvgIpc) is 2.82. The van der Waals surface area contributed by atoms with Crippen molar-refractivity contribution < 1.29 is 9.52 Å². The summed E-state index contributed by atoms with van der Waals surface area (Å²) in [5, 5.41) is 10.1. The molecule has 2 nitrogen and oxygen atoms in total. The summed E-state index contributed by atoms with van der Waals surface area (Å²) in [7, 11) is 0. The highest BCUT2D eigenvalue weighted by molar-refractivity contribution is 5.92. The standard InChI is InChI=1S/C15H12O2/c16-10-13-9-12-7-4-8-14(15(12)17-13)11-5-2-1-3-6-11/h1-9,16H,10H2. The van der Waals surface area contributed by atoms with E-state index < -0.39 is 0 Å². The second-order valence-electron chi connectivity index (χ2n) is 3.96. The normalized spacial score (nSPS) is 10.9. The van der Waals surface area contributed by atoms with E-state index in [0.717, 1.165) is 22.1 Å². The largest absolute Gasteiger partial charge is 0.458 e. The minimum Gasteiger partial charge on any atom is -0.458 e. The van der Waals surface area contributed by atoms with Gasteiger partial charge in [0.2, 0.25) is 0 Å². The van der Waals surface area contributed by atoms with Crippen LogP contribution in [-0.2, 0) is 6.61 Å². The third kappa shape index (κ3) is 1.73. The Kier molecular flexibility index (Phi) is 2.42. The van der Waals surface area contributed by atoms with Crippen molar-refractivity contribution in [1.82, 2.24) is 0 Å². The first kappa shape index (κ1) is 10.1. The molecule has 1 aromatic heterocycles. The van der Waals surface area contributed by atoms with E-state index in [4.69, 9.17) is 9.52 Å². The van der Waals surface area contributed by atoms with Gasteiger partial charge in [-0.25, -0.2) is 0 Å². The van der Waals surface area contributed by atoms with E-state index >= 15 is 0 Å². The predicted octanol–water partition coefficient (Wildman–Crippen LogP) is 3.59. The van der Waals surface area contributed by atoms with Gasteiger partial charge in [0.05, 0.1) is 0 Å². The maximum atomic E-state index is 9.11. The molecule has 2 heteroatoms. The van der Waals surface area contributed by atoms with Gasteiger partial charge in [-0.2, -0.15) is 0 Å². The smallest absolute Gasteiger partial charge is 0.142 e. The summed E-state index contributed by atoms with van der Waals surface area (Å²) in [5.41, 5.74) is 3.02. The average molecular weight is 224 g/mol. The number of aliphatic hydroxyl groups excluding tert-OH is 1. The molecule has 84 valence electrons. The Hall–Kier alpha value is -2.06. The molecule has 0 aliphatic carbocycles. The molecule has 3 aromatic rings. The fourth-order valence-electron chi connectivity index (χ4n) is 2.04. The summed E-state index contributed by atoms with van der Waals surface area (Å²) in [6.07, 6.45) is 0. The number of para-hydroxylation sites is 1. The molecule has 3 rings (SSSR count). The Morgan fingerprint density at radius 2 is 1.76 bits per heavy atom. The van der Waals surface area contributed by atoms with E-state index in [1.54, 1.807) is 0 Å². The van der Waals surface area contributed by atoms with Crippen molar-refractivity contribution in [2.24, 2.45) is 0 Å². The van der Waals surface area contributed by atoms with Crippen molar-refractivity contribution >= 4 is 11.0 Å². The molecule has 0 amide bonds. The van der Waals surface area contributed by atoms with Gasteiger partial charge < -0.3 is 9.52 Å². The molecule has 0 aliphatic rings. The fraction of sp³-hybridized carbons (Fsp3) is 0.0667. The predicted molar refractivity (Wildman–Crippen MR) is 67.6 cm³/mol. The first-order valence-electron chi connectivity index (χ1n) is 5.56. The zero-order valence-corrected chi connectivity index (χ0v) is 9.26. The van der Waals surface area contributed by atoms with Gasteiger partial charge in [0.25, 0.3) is 0 Å². The van der Waals surface area contributed by atoms with E-state index in [0.29, 0.717) is 5.76 Å². The summed E-state index contributed by atoms with van der Waals surface area (Å²) in [6, 6.07) is 18.0. The highest BCUT2D eigenvalue weighted by Gasteiger charge is 2.08. The molecule has 2 aromatic carbocycles. The van der Waals surface area contributed by atoms with Gasteiger partial charge in [-0.3, -0.25) is 0 Å². The first-order chi connectivity index (χ1) is 8.38. The Labute approximate surface area is 99.1 Å². The second kappa shape index (κ2) is 4.07. The molecule has 0 bridgehead atoms. The lowest BCUT2D eigenvalue weighted by Crippen LogP contribution is -1.77. The highest BCUT2D eigenvalue weighted by atomic mass is 16.4. The third-order valence-corrected chi connectivity index (χ3v) is 2.84. The molecule has 1 N–H and O–H groups in total. The van der Waals surface area contributed by atoms with Gasteiger partial charge in [0.1, 0.15) is 18.0 Å². The van der Waals surface area contributed by atoms with Crippen molar-refractivity contribution in [1.29, 1.82) is 0 Å². The molecule has 0 saturated heterocycles. The summed E-state index contributed by atoms with van der Waals surface area (Å²) in [4.78, 5) is 0. The van der Waals surface area contributed by atoms with Gasteiger partial charge in [0.15, 0.2) is 0 Å². The van der Waals surface area contributed by atoms with Gasteiger partial charge in [-0.15, -0.1) is 0 Å². The van der Waals surface area contributed by atoms with Gasteiger partial charge in [0, 0.05) is 10.9 Å². The molecule has 0 atom stereocenters. The van der Waals surface area contributed by atoms with Crippen LogP contribution in [0.5, 0.6) is 0 Å². The van der Waals surface area contributed by atoms with Crippen LogP contribution >= 0.6 is 0 Å². The van der Waals surface area contributed by atoms with Crippen molar-refractivity contribution in [3.63, 3.8) is 0 Å². The number of fused-ring (bicyclic) bond motifs is 1. The number of rotatable bonds is 2. The zero-order valence-electron chi connectivity index (χ0n) is 9.26. The lowest BCUT2D eigenvalue weighted by atomic mass is 10.0. The fourth-order valence-corrected chi connectivity index (χ4v) is 2.04. The molecule has 1 heterocycles. The van der Waals surface area contributed by atoms with Crippen molar-refractivity contribution in [2.75, 3.05) is 0 Å². The Morgan fingerprint density at radius 3 is 2.53 bits per heavy atom. The molecule has 17 heavy (non-hydrogen) atoms. The number of hydrogen-bond donors (Lipinski definition) is 1. The van der Waals surface area contributed by atoms with E-state index in [9.17, 15) is 0 Å². The molecule has 0 radical (unpaired) electrons. The van der Waals surface area contributed by atoms with Crippen LogP contribution in [0.4, 0.5) is 0 Å². The number of furan rings is 1. The molecule has 0 aliphatic heterocycles. The topological polar surface area (TPSA) is 33.4 Å². The van der Waals surface area contributed by atoms with Crippen LogP contribution in [0.3, 0.4) is 0 Å². The van der Waals surface area contributed by atoms with Crippen molar-refractivity contribution in [3.05, 3.63) is 60.4 Å². The quantitative estimate of drug-likeness (QED) is 0.721. The third-order valence-electron chi connectivity index (χ3n) is 2.84. The van der Waals surface area contributed by atoms with Crippen LogP contribution in [0, 0.1) is 0 Å². The van der Waals surface area contributed by atoms with Crippen LogP contribution in [0.1, 0.15) is 5.76 Å². The van der Waals surface area contributed by atoms with Crippen LogP contribution in [-0.4, -0.2) is 5.11 Å². The van der Waals surface area contributed by atoms with Crippen molar-refractivity contribution in [3.8, 4) is 11.1 Å². The number of hydrogen-bond acceptors (Lipinski definition) is 2. The lowest BCUT2D eigenvalue weighted by molar-refractivity contribution is 0.251. The van der Waals surface area contributed by atoms with Gasteiger partial charge >= 0.3 is 0 Å². The first-order valence-corrected chi connectivity index (χ1v) is 5.56. The van der Waals surface area contributed by atoms with Crippen LogP contribution in [0.2, 0.25) is 0 Å². The van der Waals surface area contributed by atoms with E-state index in [-0.39, 0.29) is 6.61 Å². The summed E-state index contributed by atoms with van der Waals surface area (Å²) >= 11 is 0. The summed E-state index contributed by atoms with van der Waals surface area (Å²) in [5.74, 6) is 0.600. The van der Waals surface area contributed by atoms with E-state index in [1.807, 2.05) is 42.5 Å². The van der Waals surface area contributed by atoms with E-state index in [1.165, 1.54) is 0 Å². The molecule has 0 saturated carbocycles. The van der Waals surface area contributed by atoms with Crippen LogP contribution < -0.4 is 0 Å². The van der Waals surface area contributed by atoms with E-state index in [2.05, 4.69) is 12.1 Å². The monoisotopic (exact) mass is 224 g/mol. The highest BCUT2D eigenvalue weighted by Crippen LogP contribution is 2.30. The Bertz CT molecular complexity index is 638. The Balaban J connectivity index is 2.26. The summed E-state index contributed by atoms with van der Waals surface area (Å²) in [6.45, 7) is -0.0666. The number of aliphatic hydroxyl groups is 1. The maximum absolute atomic E-state index is 9.11. The minimum atomic E-state index is -0.0666. The maximum Gasteiger partial charge on any atom is 0.142 e. The molecular weight excluding hydrogens is 212 g/mol. The van der Waals surface area contributed by atoms with Crippen molar-refractivity contribution in [2.45, 2.75) is 6.61 Å². The summed E-state index contributed by atoms with van der Waals surface area (Å²) < 4.78 is 5.65. The van der Waals surface area contributed by atoms with Gasteiger partial charge in [-0.1, -0.05) is 48.5 Å². The molecule has 0 fully saturated rings. The second-order valence-corrected chi connectivity index (χ2v) is 3.96. The molecule has 0 spiro atoms. The number of benzene rings is 2. The Morgan fingerprint density at radius 1 is 0.941 bits per heavy atom. The minimum absolute atomic E-state index is 0.0666. The van der Waals surface area contributed by atoms with Gasteiger partial charge in [-0.05, 0) is 11.6 Å².